The Morgan fingerprint density at radius 3 is 2.65 bits per heavy atom. The lowest BCUT2D eigenvalue weighted by molar-refractivity contribution is -0.119. The summed E-state index contributed by atoms with van der Waals surface area (Å²) in [6.45, 7) is 2.17. The molecule has 0 aromatic heterocycles. The number of carbonyl (C=O) groups excluding carboxylic acids is 1. The second kappa shape index (κ2) is 8.50. The van der Waals surface area contributed by atoms with Gasteiger partial charge in [0, 0.05) is 6.42 Å². The van der Waals surface area contributed by atoms with Crippen LogP contribution in [0.4, 0.5) is 0 Å². The Balaban J connectivity index is 1.83. The van der Waals surface area contributed by atoms with Crippen LogP contribution in [0, 0.1) is 5.92 Å². The van der Waals surface area contributed by atoms with Gasteiger partial charge in [-0.3, -0.25) is 4.79 Å². The summed E-state index contributed by atoms with van der Waals surface area (Å²) in [5, 5.41) is 23.2. The van der Waals surface area contributed by atoms with Crippen LogP contribution in [0.2, 0.25) is 0 Å². The SMILES string of the molecule is CCCCCCC=C(O)[C@H]1[C@H](O)CC(=O)[C@H]1c1ccc2ccccc2c1. The fraction of sp³-hybridized carbons (Fsp3) is 0.435. The van der Waals surface area contributed by atoms with E-state index in [4.69, 9.17) is 0 Å². The molecule has 138 valence electrons. The molecule has 0 amide bonds. The summed E-state index contributed by atoms with van der Waals surface area (Å²) in [4.78, 5) is 12.6. The Morgan fingerprint density at radius 1 is 1.12 bits per heavy atom. The highest BCUT2D eigenvalue weighted by molar-refractivity contribution is 5.91. The molecule has 1 fully saturated rings. The quantitative estimate of drug-likeness (QED) is 0.526. The van der Waals surface area contributed by atoms with Crippen LogP contribution in [-0.2, 0) is 4.79 Å². The van der Waals surface area contributed by atoms with Crippen LogP contribution in [0.3, 0.4) is 0 Å². The van der Waals surface area contributed by atoms with Crippen LogP contribution in [0.5, 0.6) is 0 Å². The van der Waals surface area contributed by atoms with E-state index in [1.54, 1.807) is 6.08 Å². The lowest BCUT2D eigenvalue weighted by Crippen LogP contribution is -2.21. The highest BCUT2D eigenvalue weighted by atomic mass is 16.3. The minimum absolute atomic E-state index is 0.00344. The molecular formula is C23H28O3. The number of allylic oxidation sites excluding steroid dienone is 1. The van der Waals surface area contributed by atoms with Crippen molar-refractivity contribution in [2.24, 2.45) is 5.92 Å². The third-order valence-corrected chi connectivity index (χ3v) is 5.42. The molecule has 3 nitrogen and oxygen atoms in total. The zero-order valence-electron chi connectivity index (χ0n) is 15.4. The molecule has 0 bridgehead atoms. The van der Waals surface area contributed by atoms with Crippen molar-refractivity contribution in [2.75, 3.05) is 0 Å². The Kier molecular flexibility index (Phi) is 6.10. The van der Waals surface area contributed by atoms with Crippen LogP contribution >= 0.6 is 0 Å². The van der Waals surface area contributed by atoms with Gasteiger partial charge < -0.3 is 10.2 Å². The van der Waals surface area contributed by atoms with Crippen molar-refractivity contribution in [3.05, 3.63) is 59.9 Å². The molecule has 0 aliphatic heterocycles. The van der Waals surface area contributed by atoms with Gasteiger partial charge in [-0.1, -0.05) is 68.7 Å². The van der Waals surface area contributed by atoms with E-state index in [-0.39, 0.29) is 18.0 Å². The van der Waals surface area contributed by atoms with Gasteiger partial charge in [0.15, 0.2) is 0 Å². The lowest BCUT2D eigenvalue weighted by atomic mass is 9.85. The molecule has 2 aromatic rings. The molecule has 2 aromatic carbocycles. The first-order chi connectivity index (χ1) is 12.6. The predicted molar refractivity (Wildman–Crippen MR) is 105 cm³/mol. The zero-order valence-corrected chi connectivity index (χ0v) is 15.4. The topological polar surface area (TPSA) is 57.5 Å². The zero-order chi connectivity index (χ0) is 18.5. The van der Waals surface area contributed by atoms with Gasteiger partial charge in [-0.15, -0.1) is 0 Å². The van der Waals surface area contributed by atoms with E-state index in [9.17, 15) is 15.0 Å². The van der Waals surface area contributed by atoms with Crippen molar-refractivity contribution in [1.29, 1.82) is 0 Å². The summed E-state index contributed by atoms with van der Waals surface area (Å²) in [5.41, 5.74) is 0.876. The Morgan fingerprint density at radius 2 is 1.88 bits per heavy atom. The van der Waals surface area contributed by atoms with Crippen LogP contribution in [-0.4, -0.2) is 22.1 Å². The number of hydrogen-bond donors (Lipinski definition) is 2. The van der Waals surface area contributed by atoms with Gasteiger partial charge in [0.1, 0.15) is 5.78 Å². The molecule has 0 heterocycles. The van der Waals surface area contributed by atoms with Crippen molar-refractivity contribution < 1.29 is 15.0 Å². The minimum atomic E-state index is -0.814. The van der Waals surface area contributed by atoms with Gasteiger partial charge in [-0.05, 0) is 35.3 Å². The molecule has 3 rings (SSSR count). The van der Waals surface area contributed by atoms with E-state index in [0.717, 1.165) is 35.6 Å². The van der Waals surface area contributed by atoms with E-state index in [0.29, 0.717) is 0 Å². The van der Waals surface area contributed by atoms with Gasteiger partial charge in [0.2, 0.25) is 0 Å². The lowest BCUT2D eigenvalue weighted by Gasteiger charge is -2.21. The largest absolute Gasteiger partial charge is 0.512 e. The maximum Gasteiger partial charge on any atom is 0.143 e. The van der Waals surface area contributed by atoms with Crippen molar-refractivity contribution in [3.63, 3.8) is 0 Å². The highest BCUT2D eigenvalue weighted by Crippen LogP contribution is 2.41. The second-order valence-corrected chi connectivity index (χ2v) is 7.33. The Bertz CT molecular complexity index is 793. The third-order valence-electron chi connectivity index (χ3n) is 5.42. The average Bonchev–Trinajstić information content (AvgIpc) is 2.95. The first kappa shape index (κ1) is 18.7. The summed E-state index contributed by atoms with van der Waals surface area (Å²) in [5.74, 6) is -0.835. The molecule has 3 atom stereocenters. The molecule has 0 spiro atoms. The number of fused-ring (bicyclic) bond motifs is 1. The molecule has 26 heavy (non-hydrogen) atoms. The fourth-order valence-corrected chi connectivity index (χ4v) is 4.00. The van der Waals surface area contributed by atoms with E-state index in [1.165, 1.54) is 12.8 Å². The number of unbranched alkanes of at least 4 members (excludes halogenated alkanes) is 4. The first-order valence-corrected chi connectivity index (χ1v) is 9.70. The maximum atomic E-state index is 12.6. The number of benzene rings is 2. The first-order valence-electron chi connectivity index (χ1n) is 9.70. The number of aliphatic hydroxyl groups excluding tert-OH is 2. The number of rotatable bonds is 7. The van der Waals surface area contributed by atoms with E-state index >= 15 is 0 Å². The van der Waals surface area contributed by atoms with Crippen molar-refractivity contribution >= 4 is 16.6 Å². The third kappa shape index (κ3) is 3.99. The molecule has 0 unspecified atom stereocenters. The summed E-state index contributed by atoms with van der Waals surface area (Å²) in [6.07, 6.45) is 6.41. The highest BCUT2D eigenvalue weighted by Gasteiger charge is 2.44. The van der Waals surface area contributed by atoms with Gasteiger partial charge in [0.25, 0.3) is 0 Å². The molecule has 2 N–H and O–H groups in total. The van der Waals surface area contributed by atoms with Gasteiger partial charge in [-0.2, -0.15) is 0 Å². The predicted octanol–water partition coefficient (Wildman–Crippen LogP) is 5.29. The van der Waals surface area contributed by atoms with Crippen molar-refractivity contribution in [1.82, 2.24) is 0 Å². The average molecular weight is 352 g/mol. The van der Waals surface area contributed by atoms with Gasteiger partial charge >= 0.3 is 0 Å². The number of hydrogen-bond acceptors (Lipinski definition) is 3. The fourth-order valence-electron chi connectivity index (χ4n) is 4.00. The number of carbonyl (C=O) groups is 1. The van der Waals surface area contributed by atoms with Crippen LogP contribution in [0.25, 0.3) is 10.8 Å². The summed E-state index contributed by atoms with van der Waals surface area (Å²) < 4.78 is 0. The molecule has 1 aliphatic carbocycles. The normalized spacial score (nSPS) is 23.7. The number of Topliss-reactive ketones (excluding diaryl/α,β-unsaturated/α-hetero) is 1. The molecule has 3 heteroatoms. The van der Waals surface area contributed by atoms with E-state index < -0.39 is 17.9 Å². The monoisotopic (exact) mass is 352 g/mol. The Hall–Kier alpha value is -2.13. The summed E-state index contributed by atoms with van der Waals surface area (Å²) in [6, 6.07) is 14.0. The smallest absolute Gasteiger partial charge is 0.143 e. The molecular weight excluding hydrogens is 324 g/mol. The van der Waals surface area contributed by atoms with Gasteiger partial charge in [0.05, 0.1) is 23.7 Å². The summed E-state index contributed by atoms with van der Waals surface area (Å²) in [7, 11) is 0. The Labute approximate surface area is 155 Å². The number of ketones is 1. The van der Waals surface area contributed by atoms with Crippen LogP contribution < -0.4 is 0 Å². The molecule has 1 aliphatic rings. The van der Waals surface area contributed by atoms with Crippen LogP contribution in [0.1, 0.15) is 56.9 Å². The molecule has 0 radical (unpaired) electrons. The minimum Gasteiger partial charge on any atom is -0.512 e. The van der Waals surface area contributed by atoms with Crippen molar-refractivity contribution in [3.8, 4) is 0 Å². The standard InChI is InChI=1S/C23H28O3/c1-2-3-4-5-6-11-19(24)23-21(26)15-20(25)22(23)18-13-12-16-9-7-8-10-17(16)14-18/h7-14,21-24,26H,2-6,15H2,1H3/t21-,22-,23+/m1/s1. The van der Waals surface area contributed by atoms with Crippen molar-refractivity contribution in [2.45, 2.75) is 57.5 Å². The maximum absolute atomic E-state index is 12.6. The summed E-state index contributed by atoms with van der Waals surface area (Å²) >= 11 is 0. The van der Waals surface area contributed by atoms with E-state index in [1.807, 2.05) is 42.5 Å². The number of aliphatic hydroxyl groups is 2. The van der Waals surface area contributed by atoms with E-state index in [2.05, 4.69) is 6.92 Å². The molecule has 1 saturated carbocycles. The van der Waals surface area contributed by atoms with Crippen LogP contribution in [0.15, 0.2) is 54.3 Å². The second-order valence-electron chi connectivity index (χ2n) is 7.33. The molecule has 0 saturated heterocycles. The van der Waals surface area contributed by atoms with Gasteiger partial charge in [-0.25, -0.2) is 0 Å².